The van der Waals surface area contributed by atoms with E-state index >= 15 is 0 Å². The molecule has 1 amide bonds. The Morgan fingerprint density at radius 2 is 1.55 bits per heavy atom. The van der Waals surface area contributed by atoms with Crippen molar-refractivity contribution in [3.8, 4) is 11.5 Å². The summed E-state index contributed by atoms with van der Waals surface area (Å²) in [5.41, 5.74) is 1.55. The maximum atomic E-state index is 13.2. The van der Waals surface area contributed by atoms with E-state index in [4.69, 9.17) is 21.1 Å². The number of methoxy groups -OCH3 is 1. The zero-order chi connectivity index (χ0) is 23.5. The van der Waals surface area contributed by atoms with E-state index in [1.54, 1.807) is 72.8 Å². The average molecular weight is 464 g/mol. The topological polar surface area (TPSA) is 76.1 Å². The van der Waals surface area contributed by atoms with Gasteiger partial charge in [-0.25, -0.2) is 0 Å². The van der Waals surface area contributed by atoms with E-state index in [0.717, 1.165) is 0 Å². The summed E-state index contributed by atoms with van der Waals surface area (Å²) in [6.07, 6.45) is 0. The molecule has 1 N–H and O–H groups in total. The van der Waals surface area contributed by atoms with E-state index in [1.165, 1.54) is 12.0 Å². The summed E-state index contributed by atoms with van der Waals surface area (Å²) >= 11 is 6.06. The van der Waals surface area contributed by atoms with Crippen LogP contribution in [0.3, 0.4) is 0 Å². The lowest BCUT2D eigenvalue weighted by Gasteiger charge is -2.25. The third-order valence-corrected chi connectivity index (χ3v) is 5.67. The van der Waals surface area contributed by atoms with Crippen molar-refractivity contribution in [1.29, 1.82) is 0 Å². The molecule has 0 spiro atoms. The highest BCUT2D eigenvalue weighted by atomic mass is 35.5. The Kier molecular flexibility index (Phi) is 6.38. The molecule has 1 saturated heterocycles. The zero-order valence-corrected chi connectivity index (χ0v) is 18.9. The second kappa shape index (κ2) is 9.38. The summed E-state index contributed by atoms with van der Waals surface area (Å²) in [5, 5.41) is 11.7. The van der Waals surface area contributed by atoms with Gasteiger partial charge in [0.1, 0.15) is 17.3 Å². The van der Waals surface area contributed by atoms with Crippen LogP contribution < -0.4 is 14.4 Å². The van der Waals surface area contributed by atoms with Crippen molar-refractivity contribution in [1.82, 2.24) is 0 Å². The number of aliphatic hydroxyl groups excluding tert-OH is 1. The van der Waals surface area contributed by atoms with E-state index in [-0.39, 0.29) is 11.3 Å². The molecule has 0 aliphatic carbocycles. The van der Waals surface area contributed by atoms with Crippen LogP contribution in [0.4, 0.5) is 5.69 Å². The van der Waals surface area contributed by atoms with Gasteiger partial charge in [0, 0.05) is 16.3 Å². The number of carbonyl (C=O) groups excluding carboxylic acids is 2. The summed E-state index contributed by atoms with van der Waals surface area (Å²) in [5.74, 6) is -0.495. The maximum absolute atomic E-state index is 13.2. The van der Waals surface area contributed by atoms with Gasteiger partial charge >= 0.3 is 0 Å². The summed E-state index contributed by atoms with van der Waals surface area (Å²) in [7, 11) is 1.54. The number of hydrogen-bond donors (Lipinski definition) is 1. The average Bonchev–Trinajstić information content (AvgIpc) is 3.10. The molecule has 0 saturated carbocycles. The molecular weight excluding hydrogens is 442 g/mol. The molecule has 3 aromatic carbocycles. The van der Waals surface area contributed by atoms with Crippen LogP contribution >= 0.6 is 11.6 Å². The van der Waals surface area contributed by atoms with E-state index in [1.807, 2.05) is 6.92 Å². The zero-order valence-electron chi connectivity index (χ0n) is 18.1. The van der Waals surface area contributed by atoms with Crippen LogP contribution in [0.15, 0.2) is 78.4 Å². The molecular formula is C26H22ClNO5. The minimum Gasteiger partial charge on any atom is -0.507 e. The van der Waals surface area contributed by atoms with Crippen LogP contribution in [0, 0.1) is 0 Å². The number of anilines is 1. The predicted octanol–water partition coefficient (Wildman–Crippen LogP) is 5.37. The van der Waals surface area contributed by atoms with Gasteiger partial charge in [-0.05, 0) is 73.2 Å². The third-order valence-electron chi connectivity index (χ3n) is 5.42. The Hall–Kier alpha value is -3.77. The molecule has 1 atom stereocenters. The number of hydrogen-bond acceptors (Lipinski definition) is 5. The lowest BCUT2D eigenvalue weighted by Crippen LogP contribution is -2.29. The normalized spacial score (nSPS) is 17.3. The first-order chi connectivity index (χ1) is 15.9. The van der Waals surface area contributed by atoms with Crippen molar-refractivity contribution in [3.63, 3.8) is 0 Å². The Labute approximate surface area is 196 Å². The van der Waals surface area contributed by atoms with Crippen molar-refractivity contribution in [2.45, 2.75) is 13.0 Å². The quantitative estimate of drug-likeness (QED) is 0.302. The number of ketones is 1. The Morgan fingerprint density at radius 1 is 0.939 bits per heavy atom. The van der Waals surface area contributed by atoms with Gasteiger partial charge in [0.05, 0.1) is 25.3 Å². The number of rotatable bonds is 6. The van der Waals surface area contributed by atoms with Crippen molar-refractivity contribution in [2.24, 2.45) is 0 Å². The molecule has 7 heteroatoms. The van der Waals surface area contributed by atoms with Gasteiger partial charge in [-0.2, -0.15) is 0 Å². The molecule has 1 aliphatic rings. The molecule has 0 radical (unpaired) electrons. The van der Waals surface area contributed by atoms with Crippen LogP contribution in [0.5, 0.6) is 11.5 Å². The minimum absolute atomic E-state index is 0.00127. The monoisotopic (exact) mass is 463 g/mol. The van der Waals surface area contributed by atoms with Gasteiger partial charge in [-0.3, -0.25) is 14.5 Å². The van der Waals surface area contributed by atoms with Gasteiger partial charge in [-0.1, -0.05) is 23.7 Å². The molecule has 1 aliphatic heterocycles. The molecule has 0 aromatic heterocycles. The standard InChI is InChI=1S/C26H22ClNO5/c1-3-33-21-14-10-19(11-15-21)28-23(16-4-8-18(27)9-5-16)22(25(30)26(28)31)24(29)17-6-12-20(32-2)13-7-17/h4-15,23,29H,3H2,1-2H3/b24-22+. The molecule has 3 aromatic rings. The molecule has 33 heavy (non-hydrogen) atoms. The molecule has 1 unspecified atom stereocenters. The first-order valence-electron chi connectivity index (χ1n) is 10.4. The van der Waals surface area contributed by atoms with E-state index in [0.29, 0.717) is 39.9 Å². The summed E-state index contributed by atoms with van der Waals surface area (Å²) < 4.78 is 10.7. The van der Waals surface area contributed by atoms with Gasteiger partial charge in [0.25, 0.3) is 11.7 Å². The SMILES string of the molecule is CCOc1ccc(N2C(=O)C(=O)/C(=C(/O)c3ccc(OC)cc3)C2c2ccc(Cl)cc2)cc1. The predicted molar refractivity (Wildman–Crippen MR) is 127 cm³/mol. The lowest BCUT2D eigenvalue weighted by molar-refractivity contribution is -0.132. The Balaban J connectivity index is 1.86. The molecule has 4 rings (SSSR count). The molecule has 6 nitrogen and oxygen atoms in total. The molecule has 1 fully saturated rings. The van der Waals surface area contributed by atoms with Crippen molar-refractivity contribution in [2.75, 3.05) is 18.6 Å². The summed E-state index contributed by atoms with van der Waals surface area (Å²) in [4.78, 5) is 27.7. The van der Waals surface area contributed by atoms with Gasteiger partial charge in [0.15, 0.2) is 0 Å². The second-order valence-electron chi connectivity index (χ2n) is 7.38. The number of Topliss-reactive ketones (excluding diaryl/α,β-unsaturated/α-hetero) is 1. The van der Waals surface area contributed by atoms with Gasteiger partial charge in [0.2, 0.25) is 0 Å². The minimum atomic E-state index is -0.831. The number of carbonyl (C=O) groups is 2. The number of amides is 1. The number of ether oxygens (including phenoxy) is 2. The fourth-order valence-electron chi connectivity index (χ4n) is 3.83. The summed E-state index contributed by atoms with van der Waals surface area (Å²) in [6, 6.07) is 19.5. The van der Waals surface area contributed by atoms with E-state index < -0.39 is 17.7 Å². The van der Waals surface area contributed by atoms with Crippen LogP contribution in [-0.4, -0.2) is 30.5 Å². The van der Waals surface area contributed by atoms with Crippen LogP contribution in [-0.2, 0) is 9.59 Å². The van der Waals surface area contributed by atoms with E-state index in [9.17, 15) is 14.7 Å². The molecule has 168 valence electrons. The van der Waals surface area contributed by atoms with Crippen molar-refractivity contribution in [3.05, 3.63) is 94.5 Å². The largest absolute Gasteiger partial charge is 0.507 e. The Bertz CT molecular complexity index is 1200. The highest BCUT2D eigenvalue weighted by molar-refractivity contribution is 6.51. The summed E-state index contributed by atoms with van der Waals surface area (Å²) in [6.45, 7) is 2.39. The van der Waals surface area contributed by atoms with Crippen molar-refractivity contribution < 1.29 is 24.2 Å². The van der Waals surface area contributed by atoms with Crippen LogP contribution in [0.1, 0.15) is 24.1 Å². The Morgan fingerprint density at radius 3 is 2.12 bits per heavy atom. The first-order valence-corrected chi connectivity index (χ1v) is 10.8. The highest BCUT2D eigenvalue weighted by Crippen LogP contribution is 2.42. The third kappa shape index (κ3) is 4.30. The van der Waals surface area contributed by atoms with Gasteiger partial charge < -0.3 is 14.6 Å². The lowest BCUT2D eigenvalue weighted by atomic mass is 9.95. The first kappa shape index (κ1) is 22.4. The fraction of sp³-hybridized carbons (Fsp3) is 0.154. The van der Waals surface area contributed by atoms with Crippen LogP contribution in [0.2, 0.25) is 5.02 Å². The number of aliphatic hydroxyl groups is 1. The number of nitrogens with zero attached hydrogens (tertiary/aromatic N) is 1. The molecule has 1 heterocycles. The van der Waals surface area contributed by atoms with Crippen LogP contribution in [0.25, 0.3) is 5.76 Å². The molecule has 0 bridgehead atoms. The fourth-order valence-corrected chi connectivity index (χ4v) is 3.96. The maximum Gasteiger partial charge on any atom is 0.300 e. The second-order valence-corrected chi connectivity index (χ2v) is 7.81. The highest BCUT2D eigenvalue weighted by Gasteiger charge is 2.46. The van der Waals surface area contributed by atoms with Crippen molar-refractivity contribution >= 4 is 34.7 Å². The number of halogens is 1. The smallest absolute Gasteiger partial charge is 0.300 e. The number of benzene rings is 3. The van der Waals surface area contributed by atoms with Gasteiger partial charge in [-0.15, -0.1) is 0 Å². The van der Waals surface area contributed by atoms with E-state index in [2.05, 4.69) is 0 Å².